The second kappa shape index (κ2) is 4.31. The molecule has 1 atom stereocenters. The van der Waals surface area contributed by atoms with Crippen LogP contribution in [0.1, 0.15) is 11.7 Å². The van der Waals surface area contributed by atoms with Crippen molar-refractivity contribution in [1.29, 1.82) is 0 Å². The van der Waals surface area contributed by atoms with Crippen LogP contribution < -0.4 is 15.6 Å². The van der Waals surface area contributed by atoms with Gasteiger partial charge in [0.15, 0.2) is 0 Å². The number of nitrogens with one attached hydrogen (secondary N) is 2. The van der Waals surface area contributed by atoms with Gasteiger partial charge in [0.1, 0.15) is 16.9 Å². The Morgan fingerprint density at radius 3 is 2.67 bits per heavy atom. The van der Waals surface area contributed by atoms with Crippen molar-refractivity contribution in [3.63, 3.8) is 0 Å². The van der Waals surface area contributed by atoms with Gasteiger partial charge in [-0.25, -0.2) is 19.3 Å². The van der Waals surface area contributed by atoms with Crippen LogP contribution in [0.15, 0.2) is 53.5 Å². The van der Waals surface area contributed by atoms with Gasteiger partial charge < -0.3 is 5.73 Å². The monoisotopic (exact) mass is 282 g/mol. The van der Waals surface area contributed by atoms with Crippen LogP contribution in [0.2, 0.25) is 0 Å². The van der Waals surface area contributed by atoms with Crippen molar-refractivity contribution < 1.29 is 8.96 Å². The highest BCUT2D eigenvalue weighted by atomic mass is 19.1. The molecule has 0 saturated heterocycles. The van der Waals surface area contributed by atoms with Crippen LogP contribution in [-0.2, 0) is 0 Å². The number of benzene rings is 2. The van der Waals surface area contributed by atoms with Gasteiger partial charge in [-0.3, -0.25) is 0 Å². The minimum atomic E-state index is -0.321. The van der Waals surface area contributed by atoms with Crippen LogP contribution in [0, 0.1) is 5.82 Å². The first-order valence-electron chi connectivity index (χ1n) is 6.60. The van der Waals surface area contributed by atoms with E-state index < -0.39 is 0 Å². The number of hydrogen-bond acceptors (Lipinski definition) is 3. The number of halogens is 1. The Balaban J connectivity index is 1.95. The first-order valence-corrected chi connectivity index (χ1v) is 6.60. The van der Waals surface area contributed by atoms with Crippen LogP contribution >= 0.6 is 0 Å². The lowest BCUT2D eigenvalue weighted by atomic mass is 10.1. The van der Waals surface area contributed by atoms with Crippen molar-refractivity contribution in [2.75, 3.05) is 5.32 Å². The molecular weight excluding hydrogens is 269 g/mol. The molecule has 0 spiro atoms. The van der Waals surface area contributed by atoms with Gasteiger partial charge in [0, 0.05) is 5.56 Å². The van der Waals surface area contributed by atoms with Crippen LogP contribution in [0.3, 0.4) is 0 Å². The largest absolute Gasteiger partial charge is 0.365 e. The molecule has 0 saturated carbocycles. The Morgan fingerprint density at radius 1 is 1.10 bits per heavy atom. The molecule has 2 heterocycles. The van der Waals surface area contributed by atoms with Gasteiger partial charge in [-0.05, 0) is 24.3 Å². The number of nitrogens with two attached hydrogens (primary N) is 1. The molecule has 104 valence electrons. The van der Waals surface area contributed by atoms with Crippen LogP contribution in [0.4, 0.5) is 10.3 Å². The predicted octanol–water partition coefficient (Wildman–Crippen LogP) is 1.88. The normalized spacial score (nSPS) is 17.2. The van der Waals surface area contributed by atoms with Crippen molar-refractivity contribution >= 4 is 22.9 Å². The Morgan fingerprint density at radius 2 is 1.86 bits per heavy atom. The molecular formula is C15H13FN5+. The Labute approximate surface area is 119 Å². The number of imidazole rings is 1. The molecule has 3 aromatic rings. The highest BCUT2D eigenvalue weighted by Crippen LogP contribution is 2.23. The van der Waals surface area contributed by atoms with Gasteiger partial charge >= 0.3 is 5.95 Å². The lowest BCUT2D eigenvalue weighted by Crippen LogP contribution is -2.48. The maximum Gasteiger partial charge on any atom is 0.365 e. The Bertz CT molecular complexity index is 850. The van der Waals surface area contributed by atoms with E-state index in [0.717, 1.165) is 22.5 Å². The second-order valence-corrected chi connectivity index (χ2v) is 4.93. The van der Waals surface area contributed by atoms with E-state index in [1.165, 1.54) is 12.1 Å². The number of guanidine groups is 1. The number of aromatic amines is 1. The standard InChI is InChI=1S/C15H12FN5/c16-10-7-5-9(6-8-10)13-19-14(17)20-15-18-11-3-1-2-4-12(11)21(13)15/h1-8,13H,(H3,17,18,19,20)/p+1/t13-/m0/s1. The van der Waals surface area contributed by atoms with Gasteiger partial charge in [0.05, 0.1) is 0 Å². The zero-order valence-corrected chi connectivity index (χ0v) is 11.0. The number of nitrogens with zero attached hydrogens (tertiary/aromatic N) is 2. The number of para-hydroxylation sites is 2. The number of rotatable bonds is 1. The fourth-order valence-corrected chi connectivity index (χ4v) is 2.64. The van der Waals surface area contributed by atoms with Crippen molar-refractivity contribution in [2.45, 2.75) is 6.17 Å². The summed E-state index contributed by atoms with van der Waals surface area (Å²) in [7, 11) is 0. The van der Waals surface area contributed by atoms with Crippen molar-refractivity contribution in [3.8, 4) is 0 Å². The number of aliphatic imine (C=N–C) groups is 1. The quantitative estimate of drug-likeness (QED) is 0.596. The summed E-state index contributed by atoms with van der Waals surface area (Å²) in [5, 5.41) is 3.02. The summed E-state index contributed by atoms with van der Waals surface area (Å²) < 4.78 is 15.1. The molecule has 2 aromatic carbocycles. The van der Waals surface area contributed by atoms with Crippen LogP contribution in [-0.4, -0.2) is 10.9 Å². The highest BCUT2D eigenvalue weighted by molar-refractivity contribution is 5.92. The molecule has 1 aliphatic heterocycles. The lowest BCUT2D eigenvalue weighted by molar-refractivity contribution is -0.674. The van der Waals surface area contributed by atoms with E-state index in [0.29, 0.717) is 5.96 Å². The molecule has 0 fully saturated rings. The summed E-state index contributed by atoms with van der Waals surface area (Å²) in [6, 6.07) is 14.2. The summed E-state index contributed by atoms with van der Waals surface area (Å²) in [5.41, 5.74) is 8.72. The minimum absolute atomic E-state index is 0.270. The third kappa shape index (κ3) is 1.84. The van der Waals surface area contributed by atoms with Crippen molar-refractivity contribution in [1.82, 2.24) is 4.98 Å². The van der Waals surface area contributed by atoms with Gasteiger partial charge in [-0.1, -0.05) is 24.3 Å². The third-order valence-electron chi connectivity index (χ3n) is 3.58. The molecule has 21 heavy (non-hydrogen) atoms. The summed E-state index contributed by atoms with van der Waals surface area (Å²) in [6.07, 6.45) is -0.321. The molecule has 6 heteroatoms. The maximum absolute atomic E-state index is 13.1. The Hall–Kier alpha value is -2.89. The van der Waals surface area contributed by atoms with E-state index in [1.54, 1.807) is 12.1 Å². The van der Waals surface area contributed by atoms with Crippen LogP contribution in [0.5, 0.6) is 0 Å². The highest BCUT2D eigenvalue weighted by Gasteiger charge is 2.30. The topological polar surface area (TPSA) is 70.1 Å². The van der Waals surface area contributed by atoms with Crippen LogP contribution in [0.25, 0.3) is 11.0 Å². The first-order chi connectivity index (χ1) is 10.2. The second-order valence-electron chi connectivity index (χ2n) is 4.93. The van der Waals surface area contributed by atoms with Crippen molar-refractivity contribution in [3.05, 3.63) is 59.9 Å². The summed E-state index contributed by atoms with van der Waals surface area (Å²) in [5.74, 6) is 0.822. The number of H-pyrrole nitrogens is 1. The summed E-state index contributed by atoms with van der Waals surface area (Å²) in [4.78, 5) is 7.72. The molecule has 0 radical (unpaired) electrons. The lowest BCUT2D eigenvalue weighted by Gasteiger charge is -2.18. The molecule has 0 amide bonds. The molecule has 4 N–H and O–H groups in total. The average Bonchev–Trinajstić information content (AvgIpc) is 2.85. The smallest absolute Gasteiger partial charge is 0.357 e. The maximum atomic E-state index is 13.1. The number of anilines is 1. The van der Waals surface area contributed by atoms with Gasteiger partial charge in [-0.15, -0.1) is 0 Å². The number of hydrogen-bond donors (Lipinski definition) is 3. The third-order valence-corrected chi connectivity index (χ3v) is 3.58. The molecule has 0 bridgehead atoms. The van der Waals surface area contributed by atoms with E-state index in [9.17, 15) is 4.39 Å². The predicted molar refractivity (Wildman–Crippen MR) is 78.3 cm³/mol. The van der Waals surface area contributed by atoms with E-state index in [1.807, 2.05) is 28.8 Å². The van der Waals surface area contributed by atoms with Crippen molar-refractivity contribution in [2.24, 2.45) is 10.7 Å². The number of fused-ring (bicyclic) bond motifs is 3. The fraction of sp³-hybridized carbons (Fsp3) is 0.0667. The first kappa shape index (κ1) is 11.9. The van der Waals surface area contributed by atoms with Gasteiger partial charge in [0.25, 0.3) is 5.96 Å². The van der Waals surface area contributed by atoms with E-state index >= 15 is 0 Å². The Kier molecular flexibility index (Phi) is 2.44. The van der Waals surface area contributed by atoms with Gasteiger partial charge in [-0.2, -0.15) is 4.99 Å². The van der Waals surface area contributed by atoms with E-state index in [4.69, 9.17) is 5.73 Å². The molecule has 1 aromatic heterocycles. The van der Waals surface area contributed by atoms with E-state index in [-0.39, 0.29) is 12.0 Å². The fourth-order valence-electron chi connectivity index (χ4n) is 2.64. The average molecular weight is 282 g/mol. The summed E-state index contributed by atoms with van der Waals surface area (Å²) >= 11 is 0. The zero-order chi connectivity index (χ0) is 14.4. The molecule has 4 rings (SSSR count). The molecule has 0 aliphatic carbocycles. The molecule has 5 nitrogen and oxygen atoms in total. The molecule has 1 aliphatic rings. The summed E-state index contributed by atoms with van der Waals surface area (Å²) in [6.45, 7) is 0. The number of aromatic nitrogens is 2. The van der Waals surface area contributed by atoms with Gasteiger partial charge in [0.2, 0.25) is 6.17 Å². The SMILES string of the molecule is NC1=N[C@H](c2ccc(F)cc2)[n+]2c([nH]c3ccccc32)N1. The molecule has 0 unspecified atom stereocenters. The van der Waals surface area contributed by atoms with E-state index in [2.05, 4.69) is 15.3 Å². The minimum Gasteiger partial charge on any atom is -0.357 e. The zero-order valence-electron chi connectivity index (χ0n) is 11.0.